The highest BCUT2D eigenvalue weighted by atomic mass is 16.7. The molecule has 1 aliphatic rings. The van der Waals surface area contributed by atoms with Crippen LogP contribution in [0.5, 0.6) is 23.0 Å². The van der Waals surface area contributed by atoms with Gasteiger partial charge in [0.05, 0.1) is 65.7 Å². The van der Waals surface area contributed by atoms with Gasteiger partial charge in [-0.25, -0.2) is 4.68 Å². The molecule has 19 heteroatoms. The highest BCUT2D eigenvalue weighted by Gasteiger charge is 2.44. The molecule has 1 aliphatic heterocycles. The second-order valence-corrected chi connectivity index (χ2v) is 13.5. The van der Waals surface area contributed by atoms with Gasteiger partial charge in [-0.3, -0.25) is 14.4 Å². The SMILES string of the molecule is COc1ccc(-c2oc3c(CC=C(C)C)c(O)cc(O)c3c(=O)c2OC(=O)CCC(=O)OCCCOCc2cn(CCO[C@H]3O[C@@H](CO)[C@H](O)[C@@H](O)[C@@H]3O)nn2)cc1. The molecule has 58 heavy (non-hydrogen) atoms. The zero-order valence-corrected chi connectivity index (χ0v) is 32.1. The van der Waals surface area contributed by atoms with Crippen LogP contribution in [0.3, 0.4) is 0 Å². The topological polar surface area (TPSA) is 272 Å². The van der Waals surface area contributed by atoms with Crippen molar-refractivity contribution in [2.75, 3.05) is 33.5 Å². The number of ether oxygens (including phenoxy) is 6. The van der Waals surface area contributed by atoms with Crippen LogP contribution in [-0.2, 0) is 48.1 Å². The number of nitrogens with zero attached hydrogens (tertiary/aromatic N) is 3. The quantitative estimate of drug-likeness (QED) is 0.0446. The van der Waals surface area contributed by atoms with E-state index in [0.717, 1.165) is 11.6 Å². The summed E-state index contributed by atoms with van der Waals surface area (Å²) in [4.78, 5) is 39.3. The lowest BCUT2D eigenvalue weighted by molar-refractivity contribution is -0.301. The Kier molecular flexibility index (Phi) is 15.3. The third kappa shape index (κ3) is 11.0. The summed E-state index contributed by atoms with van der Waals surface area (Å²) < 4.78 is 39.8. The van der Waals surface area contributed by atoms with E-state index in [1.165, 1.54) is 11.8 Å². The summed E-state index contributed by atoms with van der Waals surface area (Å²) in [7, 11) is 1.48. The molecular formula is C39H47N3O16. The number of aliphatic hydroxyl groups is 4. The van der Waals surface area contributed by atoms with Gasteiger partial charge in [0.15, 0.2) is 12.1 Å². The second kappa shape index (κ2) is 20.3. The zero-order chi connectivity index (χ0) is 41.9. The molecule has 0 amide bonds. The van der Waals surface area contributed by atoms with E-state index in [4.69, 9.17) is 32.8 Å². The number of aromatic nitrogens is 3. The fraction of sp³-hybridized carbons (Fsp3) is 0.462. The number of aromatic hydroxyl groups is 2. The number of benzene rings is 2. The molecule has 5 atom stereocenters. The molecule has 4 aromatic rings. The summed E-state index contributed by atoms with van der Waals surface area (Å²) in [5.74, 6) is -2.62. The van der Waals surface area contributed by atoms with Crippen molar-refractivity contribution in [3.63, 3.8) is 0 Å². The largest absolute Gasteiger partial charge is 0.507 e. The first-order valence-corrected chi connectivity index (χ1v) is 18.4. The summed E-state index contributed by atoms with van der Waals surface area (Å²) in [5.41, 5.74) is 1.08. The molecule has 0 radical (unpaired) electrons. The maximum absolute atomic E-state index is 13.8. The molecule has 0 spiro atoms. The third-order valence-corrected chi connectivity index (χ3v) is 8.98. The number of carbonyl (C=O) groups excluding carboxylic acids is 2. The van der Waals surface area contributed by atoms with Crippen LogP contribution in [0.25, 0.3) is 22.3 Å². The summed E-state index contributed by atoms with van der Waals surface area (Å²) in [6.07, 6.45) is -3.75. The van der Waals surface area contributed by atoms with Crippen LogP contribution < -0.4 is 14.9 Å². The van der Waals surface area contributed by atoms with Crippen molar-refractivity contribution < 1.29 is 73.1 Å². The number of aliphatic hydroxyl groups excluding tert-OH is 4. The van der Waals surface area contributed by atoms with E-state index in [1.807, 2.05) is 19.9 Å². The number of fused-ring (bicyclic) bond motifs is 1. The van der Waals surface area contributed by atoms with E-state index in [2.05, 4.69) is 10.3 Å². The predicted molar refractivity (Wildman–Crippen MR) is 201 cm³/mol. The van der Waals surface area contributed by atoms with Crippen LogP contribution in [0.2, 0.25) is 0 Å². The van der Waals surface area contributed by atoms with E-state index in [0.29, 0.717) is 23.4 Å². The Bertz CT molecular complexity index is 2110. The van der Waals surface area contributed by atoms with Crippen LogP contribution in [0.15, 0.2) is 57.4 Å². The lowest BCUT2D eigenvalue weighted by Crippen LogP contribution is -2.59. The summed E-state index contributed by atoms with van der Waals surface area (Å²) in [5, 5.41) is 68.1. The smallest absolute Gasteiger partial charge is 0.312 e. The summed E-state index contributed by atoms with van der Waals surface area (Å²) in [6, 6.07) is 7.41. The third-order valence-electron chi connectivity index (χ3n) is 8.98. The molecule has 0 bridgehead atoms. The predicted octanol–water partition coefficient (Wildman–Crippen LogP) is 1.63. The van der Waals surface area contributed by atoms with Gasteiger partial charge in [-0.05, 0) is 44.5 Å². The molecule has 19 nitrogen and oxygen atoms in total. The summed E-state index contributed by atoms with van der Waals surface area (Å²) >= 11 is 0. The Morgan fingerprint density at radius 2 is 1.71 bits per heavy atom. The van der Waals surface area contributed by atoms with Crippen molar-refractivity contribution in [3.05, 3.63) is 69.7 Å². The van der Waals surface area contributed by atoms with Crippen LogP contribution in [0.4, 0.5) is 0 Å². The number of esters is 2. The standard InChI is InChI=1S/C39H47N3O16/c1-21(2)5-10-25-26(44)17-27(45)31-33(49)38(36(58-37(25)31)22-6-8-24(52-3)9-7-22)57-30(47)12-11-29(46)54-15-4-14-53-20-23-18-42(41-40-23)13-16-55-39-35(51)34(50)32(48)28(19-43)56-39/h5-9,17-18,28,32,34-35,39,43-45,48,50-51H,4,10-16,19-20H2,1-3H3/t28-,32-,34+,35-,39-/m0/s1. The van der Waals surface area contributed by atoms with Crippen molar-refractivity contribution in [2.45, 2.75) is 83.4 Å². The molecule has 5 rings (SSSR count). The number of phenols is 2. The molecule has 1 saturated heterocycles. The molecule has 3 heterocycles. The average Bonchev–Trinajstić information content (AvgIpc) is 3.66. The van der Waals surface area contributed by atoms with Gasteiger partial charge in [-0.15, -0.1) is 5.10 Å². The van der Waals surface area contributed by atoms with Crippen LogP contribution in [-0.4, -0.2) is 122 Å². The fourth-order valence-corrected chi connectivity index (χ4v) is 5.84. The number of phenolic OH excluding ortho intramolecular Hbond substituents is 2. The van der Waals surface area contributed by atoms with Crippen LogP contribution in [0, 0.1) is 0 Å². The number of rotatable bonds is 19. The number of allylic oxidation sites excluding steroid dienone is 2. The van der Waals surface area contributed by atoms with Crippen LogP contribution >= 0.6 is 0 Å². The Morgan fingerprint density at radius 3 is 2.41 bits per heavy atom. The van der Waals surface area contributed by atoms with Gasteiger partial charge in [-0.2, -0.15) is 0 Å². The number of hydrogen-bond acceptors (Lipinski definition) is 18. The lowest BCUT2D eigenvalue weighted by atomic mass is 9.99. The normalized spacial score (nSPS) is 19.2. The number of hydrogen-bond donors (Lipinski definition) is 6. The van der Waals surface area contributed by atoms with Crippen molar-refractivity contribution in [1.29, 1.82) is 0 Å². The molecular weight excluding hydrogens is 766 g/mol. The monoisotopic (exact) mass is 813 g/mol. The van der Waals surface area contributed by atoms with Crippen molar-refractivity contribution >= 4 is 22.9 Å². The first kappa shape index (κ1) is 43.7. The van der Waals surface area contributed by atoms with Gasteiger partial charge in [0, 0.05) is 23.6 Å². The van der Waals surface area contributed by atoms with E-state index in [9.17, 15) is 45.0 Å². The Morgan fingerprint density at radius 1 is 0.966 bits per heavy atom. The van der Waals surface area contributed by atoms with Gasteiger partial charge in [0.2, 0.25) is 11.2 Å². The van der Waals surface area contributed by atoms with Crippen molar-refractivity contribution in [3.8, 4) is 34.3 Å². The number of carbonyl (C=O) groups is 2. The molecule has 2 aromatic carbocycles. The first-order valence-electron chi connectivity index (χ1n) is 18.4. The molecule has 1 fully saturated rings. The fourth-order valence-electron chi connectivity index (χ4n) is 5.84. The molecule has 314 valence electrons. The lowest BCUT2D eigenvalue weighted by Gasteiger charge is -2.39. The van der Waals surface area contributed by atoms with E-state index < -0.39 is 72.6 Å². The van der Waals surface area contributed by atoms with Gasteiger partial charge in [0.25, 0.3) is 0 Å². The molecule has 6 N–H and O–H groups in total. The average molecular weight is 814 g/mol. The Balaban J connectivity index is 1.09. The highest BCUT2D eigenvalue weighted by molar-refractivity contribution is 5.92. The maximum Gasteiger partial charge on any atom is 0.312 e. The van der Waals surface area contributed by atoms with Crippen molar-refractivity contribution in [1.82, 2.24) is 15.0 Å². The molecule has 0 saturated carbocycles. The van der Waals surface area contributed by atoms with E-state index >= 15 is 0 Å². The minimum atomic E-state index is -1.55. The molecule has 0 aliphatic carbocycles. The minimum absolute atomic E-state index is 0.00700. The zero-order valence-electron chi connectivity index (χ0n) is 32.1. The molecule has 0 unspecified atom stereocenters. The van der Waals surface area contributed by atoms with Crippen molar-refractivity contribution in [2.24, 2.45) is 0 Å². The maximum atomic E-state index is 13.8. The van der Waals surface area contributed by atoms with Gasteiger partial charge >= 0.3 is 11.9 Å². The minimum Gasteiger partial charge on any atom is -0.507 e. The summed E-state index contributed by atoms with van der Waals surface area (Å²) in [6.45, 7) is 3.67. The molecule has 2 aromatic heterocycles. The second-order valence-electron chi connectivity index (χ2n) is 13.5. The van der Waals surface area contributed by atoms with Gasteiger partial charge in [-0.1, -0.05) is 16.9 Å². The number of methoxy groups -OCH3 is 1. The van der Waals surface area contributed by atoms with Gasteiger partial charge < -0.3 is 63.5 Å². The highest BCUT2D eigenvalue weighted by Crippen LogP contribution is 2.39. The van der Waals surface area contributed by atoms with E-state index in [1.54, 1.807) is 30.5 Å². The Hall–Kier alpha value is -5.41. The van der Waals surface area contributed by atoms with E-state index in [-0.39, 0.29) is 73.9 Å². The Labute approximate surface area is 331 Å². The first-order chi connectivity index (χ1) is 27.8. The van der Waals surface area contributed by atoms with Crippen LogP contribution in [0.1, 0.15) is 44.4 Å². The van der Waals surface area contributed by atoms with Gasteiger partial charge in [0.1, 0.15) is 58.3 Å².